The number of carbonyl (C=O) groups excluding carboxylic acids is 1. The van der Waals surface area contributed by atoms with Crippen LogP contribution in [0.1, 0.15) is 54.4 Å². The van der Waals surface area contributed by atoms with E-state index in [-0.39, 0.29) is 5.91 Å². The number of nitrogens with zero attached hydrogens (tertiary/aromatic N) is 1. The maximum absolute atomic E-state index is 12.6. The second-order valence-electron chi connectivity index (χ2n) is 6.92. The number of benzene rings is 1. The molecule has 1 aromatic heterocycles. The van der Waals surface area contributed by atoms with Crippen molar-refractivity contribution in [3.05, 3.63) is 59.9 Å². The number of pyridine rings is 1. The van der Waals surface area contributed by atoms with E-state index in [4.69, 9.17) is 4.74 Å². The van der Waals surface area contributed by atoms with Crippen LogP contribution in [0, 0.1) is 0 Å². The Kier molecular flexibility index (Phi) is 6.06. The Morgan fingerprint density at radius 2 is 1.63 bits per heavy atom. The lowest BCUT2D eigenvalue weighted by atomic mass is 9.90. The van der Waals surface area contributed by atoms with Gasteiger partial charge in [0, 0.05) is 18.0 Å². The van der Waals surface area contributed by atoms with Crippen molar-refractivity contribution in [1.29, 1.82) is 0 Å². The standard InChI is InChI=1S/C21H24N2O4/c24-19(23-21(20(25)26)11-3-1-2-4-12-21)17-5-7-18(8-6-17)27-15-16-9-13-22-14-10-16/h5-10,13-14H,1-4,11-12,15H2,(H,23,24)(H,25,26). The first-order valence-corrected chi connectivity index (χ1v) is 9.27. The molecule has 0 aliphatic heterocycles. The van der Waals surface area contributed by atoms with Crippen molar-refractivity contribution in [2.75, 3.05) is 0 Å². The Hall–Kier alpha value is -2.89. The molecule has 0 unspecified atom stereocenters. The molecule has 142 valence electrons. The van der Waals surface area contributed by atoms with Crippen LogP contribution in [-0.4, -0.2) is 27.5 Å². The van der Waals surface area contributed by atoms with Gasteiger partial charge in [0.15, 0.2) is 0 Å². The molecule has 2 aromatic rings. The predicted octanol–water partition coefficient (Wildman–Crippen LogP) is 3.57. The van der Waals surface area contributed by atoms with Gasteiger partial charge < -0.3 is 15.2 Å². The number of carboxylic acid groups (broad SMARTS) is 1. The summed E-state index contributed by atoms with van der Waals surface area (Å²) in [6, 6.07) is 10.5. The Morgan fingerprint density at radius 1 is 1.00 bits per heavy atom. The van der Waals surface area contributed by atoms with E-state index >= 15 is 0 Å². The van der Waals surface area contributed by atoms with E-state index in [0.717, 1.165) is 31.2 Å². The fourth-order valence-electron chi connectivity index (χ4n) is 3.36. The molecule has 0 spiro atoms. The predicted molar refractivity (Wildman–Crippen MR) is 101 cm³/mol. The fourth-order valence-corrected chi connectivity index (χ4v) is 3.36. The molecule has 2 N–H and O–H groups in total. The Labute approximate surface area is 158 Å². The molecule has 6 nitrogen and oxygen atoms in total. The lowest BCUT2D eigenvalue weighted by Gasteiger charge is -2.29. The monoisotopic (exact) mass is 368 g/mol. The minimum absolute atomic E-state index is 0.361. The van der Waals surface area contributed by atoms with Crippen LogP contribution in [0.15, 0.2) is 48.8 Å². The van der Waals surface area contributed by atoms with Gasteiger partial charge in [0.1, 0.15) is 17.9 Å². The number of carboxylic acids is 1. The van der Waals surface area contributed by atoms with Crippen LogP contribution in [0.25, 0.3) is 0 Å². The SMILES string of the molecule is O=C(NC1(C(=O)O)CCCCCC1)c1ccc(OCc2ccncc2)cc1. The molecule has 1 fully saturated rings. The van der Waals surface area contributed by atoms with Crippen molar-refractivity contribution in [3.63, 3.8) is 0 Å². The molecule has 0 saturated heterocycles. The largest absolute Gasteiger partial charge is 0.489 e. The minimum atomic E-state index is -1.16. The highest BCUT2D eigenvalue weighted by Gasteiger charge is 2.40. The van der Waals surface area contributed by atoms with Crippen molar-refractivity contribution in [2.45, 2.75) is 50.7 Å². The summed E-state index contributed by atoms with van der Waals surface area (Å²) in [7, 11) is 0. The summed E-state index contributed by atoms with van der Waals surface area (Å²) in [5.74, 6) is -0.666. The van der Waals surface area contributed by atoms with Crippen LogP contribution in [0.3, 0.4) is 0 Å². The summed E-state index contributed by atoms with van der Waals surface area (Å²) in [5.41, 5.74) is 0.268. The van der Waals surface area contributed by atoms with Gasteiger partial charge in [-0.25, -0.2) is 4.79 Å². The second-order valence-corrected chi connectivity index (χ2v) is 6.92. The number of rotatable bonds is 6. The lowest BCUT2D eigenvalue weighted by Crippen LogP contribution is -2.54. The van der Waals surface area contributed by atoms with Gasteiger partial charge in [0.05, 0.1) is 0 Å². The molecular formula is C21H24N2O4. The van der Waals surface area contributed by atoms with E-state index in [0.29, 0.717) is 30.8 Å². The quantitative estimate of drug-likeness (QED) is 0.761. The van der Waals surface area contributed by atoms with Gasteiger partial charge >= 0.3 is 5.97 Å². The first-order chi connectivity index (χ1) is 13.1. The summed E-state index contributed by atoms with van der Waals surface area (Å²) in [5, 5.41) is 12.5. The van der Waals surface area contributed by atoms with E-state index in [1.54, 1.807) is 36.7 Å². The van der Waals surface area contributed by atoms with Gasteiger partial charge in [-0.2, -0.15) is 0 Å². The average Bonchev–Trinajstić information content (AvgIpc) is 2.94. The molecule has 27 heavy (non-hydrogen) atoms. The van der Waals surface area contributed by atoms with Gasteiger partial charge in [-0.1, -0.05) is 25.7 Å². The molecule has 3 rings (SSSR count). The van der Waals surface area contributed by atoms with Gasteiger partial charge in [-0.15, -0.1) is 0 Å². The molecule has 1 heterocycles. The topological polar surface area (TPSA) is 88.5 Å². The van der Waals surface area contributed by atoms with Crippen LogP contribution in [0.4, 0.5) is 0 Å². The summed E-state index contributed by atoms with van der Waals surface area (Å²) < 4.78 is 5.70. The number of aliphatic carboxylic acids is 1. The van der Waals surface area contributed by atoms with Crippen molar-refractivity contribution < 1.29 is 19.4 Å². The van der Waals surface area contributed by atoms with E-state index < -0.39 is 11.5 Å². The van der Waals surface area contributed by atoms with Crippen LogP contribution in [0.2, 0.25) is 0 Å². The molecule has 0 bridgehead atoms. The van der Waals surface area contributed by atoms with E-state index in [1.807, 2.05) is 12.1 Å². The third-order valence-corrected chi connectivity index (χ3v) is 4.99. The number of aromatic nitrogens is 1. The van der Waals surface area contributed by atoms with Crippen molar-refractivity contribution in [3.8, 4) is 5.75 Å². The second kappa shape index (κ2) is 8.66. The molecule has 1 aromatic carbocycles. The lowest BCUT2D eigenvalue weighted by molar-refractivity contribution is -0.145. The van der Waals surface area contributed by atoms with Crippen molar-refractivity contribution >= 4 is 11.9 Å². The first kappa shape index (κ1) is 18.9. The molecule has 1 aliphatic rings. The third kappa shape index (κ3) is 4.84. The Bertz CT molecular complexity index is 767. The molecule has 0 radical (unpaired) electrons. The minimum Gasteiger partial charge on any atom is -0.489 e. The zero-order valence-corrected chi connectivity index (χ0v) is 15.2. The van der Waals surface area contributed by atoms with Gasteiger partial charge in [-0.05, 0) is 54.8 Å². The third-order valence-electron chi connectivity index (χ3n) is 4.99. The highest BCUT2D eigenvalue weighted by molar-refractivity contribution is 5.98. The molecule has 6 heteroatoms. The summed E-state index contributed by atoms with van der Waals surface area (Å²) >= 11 is 0. The van der Waals surface area contributed by atoms with Crippen molar-refractivity contribution in [2.24, 2.45) is 0 Å². The molecule has 0 atom stereocenters. The highest BCUT2D eigenvalue weighted by atomic mass is 16.5. The number of carbonyl (C=O) groups is 2. The zero-order chi connectivity index (χ0) is 19.1. The summed E-state index contributed by atoms with van der Waals surface area (Å²) in [4.78, 5) is 28.4. The van der Waals surface area contributed by atoms with E-state index in [9.17, 15) is 14.7 Å². The van der Waals surface area contributed by atoms with E-state index in [1.165, 1.54) is 0 Å². The van der Waals surface area contributed by atoms with E-state index in [2.05, 4.69) is 10.3 Å². The number of amides is 1. The molecular weight excluding hydrogens is 344 g/mol. The number of nitrogens with one attached hydrogen (secondary N) is 1. The van der Waals surface area contributed by atoms with Gasteiger partial charge in [0.2, 0.25) is 0 Å². The molecule has 1 saturated carbocycles. The Balaban J connectivity index is 1.63. The number of hydrogen-bond donors (Lipinski definition) is 2. The fraction of sp³-hybridized carbons (Fsp3) is 0.381. The molecule has 1 amide bonds. The summed E-state index contributed by atoms with van der Waals surface area (Å²) in [6.45, 7) is 0.413. The average molecular weight is 368 g/mol. The maximum Gasteiger partial charge on any atom is 0.329 e. The van der Waals surface area contributed by atoms with Crippen molar-refractivity contribution in [1.82, 2.24) is 10.3 Å². The van der Waals surface area contributed by atoms with Crippen LogP contribution in [-0.2, 0) is 11.4 Å². The smallest absolute Gasteiger partial charge is 0.329 e. The summed E-state index contributed by atoms with van der Waals surface area (Å²) in [6.07, 6.45) is 8.00. The van der Waals surface area contributed by atoms with Crippen LogP contribution < -0.4 is 10.1 Å². The maximum atomic E-state index is 12.6. The zero-order valence-electron chi connectivity index (χ0n) is 15.2. The van der Waals surface area contributed by atoms with Crippen LogP contribution >= 0.6 is 0 Å². The number of ether oxygens (including phenoxy) is 1. The first-order valence-electron chi connectivity index (χ1n) is 9.27. The van der Waals surface area contributed by atoms with Gasteiger partial charge in [-0.3, -0.25) is 9.78 Å². The Morgan fingerprint density at radius 3 is 2.22 bits per heavy atom. The highest BCUT2D eigenvalue weighted by Crippen LogP contribution is 2.28. The normalized spacial score (nSPS) is 16.1. The van der Waals surface area contributed by atoms with Crippen LogP contribution in [0.5, 0.6) is 5.75 Å². The molecule has 1 aliphatic carbocycles. The van der Waals surface area contributed by atoms with Gasteiger partial charge in [0.25, 0.3) is 5.91 Å². The number of hydrogen-bond acceptors (Lipinski definition) is 4.